The number of Topliss-reactive ketones (excluding diaryl/α,β-unsaturated/α-hetero) is 1. The lowest BCUT2D eigenvalue weighted by Gasteiger charge is -2.50. The zero-order valence-electron chi connectivity index (χ0n) is 15.9. The standard InChI is InChI=1S/C18H24O9S2/c1-17-8-6-13-12-7-9-18(26-28(20,21)22,27-29(23,24)25)10-11(12)2-3-14(13)15(17)4-5-16(17)19/h7,10,13-15H,2-6,8-9H2,1H3,(H,20,21,22)(H,23,24,25)/t13-,14-,15+,17+/m1/s1. The largest absolute Gasteiger partial charge is 0.400 e. The van der Waals surface area contributed by atoms with Gasteiger partial charge in [0.1, 0.15) is 5.78 Å². The van der Waals surface area contributed by atoms with Crippen molar-refractivity contribution in [1.29, 1.82) is 0 Å². The molecule has 0 bridgehead atoms. The minimum absolute atomic E-state index is 0.188. The van der Waals surface area contributed by atoms with E-state index >= 15 is 0 Å². The van der Waals surface area contributed by atoms with Gasteiger partial charge >= 0.3 is 20.8 Å². The minimum atomic E-state index is -5.05. The van der Waals surface area contributed by atoms with Crippen molar-refractivity contribution in [3.05, 3.63) is 23.3 Å². The molecule has 3 saturated carbocycles. The van der Waals surface area contributed by atoms with Gasteiger partial charge in [-0.1, -0.05) is 13.0 Å². The number of ketones is 1. The molecule has 0 saturated heterocycles. The van der Waals surface area contributed by atoms with E-state index in [0.29, 0.717) is 36.0 Å². The van der Waals surface area contributed by atoms with E-state index in [1.807, 2.05) is 0 Å². The van der Waals surface area contributed by atoms with E-state index in [2.05, 4.69) is 15.3 Å². The summed E-state index contributed by atoms with van der Waals surface area (Å²) in [6.45, 7) is 2.06. The van der Waals surface area contributed by atoms with Gasteiger partial charge in [-0.25, -0.2) is 8.37 Å². The highest BCUT2D eigenvalue weighted by atomic mass is 32.3. The highest BCUT2D eigenvalue weighted by molar-refractivity contribution is 7.81. The van der Waals surface area contributed by atoms with Crippen LogP contribution in [-0.4, -0.2) is 37.5 Å². The van der Waals surface area contributed by atoms with Gasteiger partial charge in [0.2, 0.25) is 5.79 Å². The second kappa shape index (κ2) is 6.69. The van der Waals surface area contributed by atoms with Crippen LogP contribution in [0, 0.1) is 23.2 Å². The third kappa shape index (κ3) is 3.84. The molecule has 0 aliphatic heterocycles. The van der Waals surface area contributed by atoms with Crippen molar-refractivity contribution in [2.45, 2.75) is 57.7 Å². The summed E-state index contributed by atoms with van der Waals surface area (Å²) in [5.74, 6) is -1.19. The van der Waals surface area contributed by atoms with Crippen LogP contribution in [0.2, 0.25) is 0 Å². The Morgan fingerprint density at radius 2 is 1.69 bits per heavy atom. The predicted molar refractivity (Wildman–Crippen MR) is 100 cm³/mol. The third-order valence-electron chi connectivity index (χ3n) is 7.16. The molecule has 0 spiro atoms. The predicted octanol–water partition coefficient (Wildman–Crippen LogP) is 2.38. The smallest absolute Gasteiger partial charge is 0.299 e. The van der Waals surface area contributed by atoms with Gasteiger partial charge in [0.25, 0.3) is 0 Å². The van der Waals surface area contributed by atoms with E-state index in [1.54, 1.807) is 6.08 Å². The average Bonchev–Trinajstić information content (AvgIpc) is 2.86. The van der Waals surface area contributed by atoms with E-state index < -0.39 is 26.6 Å². The lowest BCUT2D eigenvalue weighted by molar-refractivity contribution is -0.129. The molecule has 0 aromatic carbocycles. The average molecular weight is 449 g/mol. The van der Waals surface area contributed by atoms with Crippen LogP contribution in [0.25, 0.3) is 0 Å². The molecule has 0 aromatic heterocycles. The van der Waals surface area contributed by atoms with Crippen molar-refractivity contribution in [3.63, 3.8) is 0 Å². The molecule has 0 unspecified atom stereocenters. The molecule has 9 nitrogen and oxygen atoms in total. The van der Waals surface area contributed by atoms with Crippen LogP contribution in [-0.2, 0) is 34.0 Å². The van der Waals surface area contributed by atoms with Gasteiger partial charge in [-0.3, -0.25) is 13.9 Å². The molecule has 0 radical (unpaired) electrons. The number of hydrogen-bond acceptors (Lipinski definition) is 7. The highest BCUT2D eigenvalue weighted by Crippen LogP contribution is 2.60. The first-order chi connectivity index (χ1) is 13.3. The summed E-state index contributed by atoms with van der Waals surface area (Å²) in [7, 11) is -10.1. The maximum absolute atomic E-state index is 12.4. The fourth-order valence-electron chi connectivity index (χ4n) is 6.05. The lowest BCUT2D eigenvalue weighted by atomic mass is 9.54. The molecule has 0 amide bonds. The van der Waals surface area contributed by atoms with E-state index in [0.717, 1.165) is 31.3 Å². The normalized spacial score (nSPS) is 36.5. The van der Waals surface area contributed by atoms with Gasteiger partial charge in [-0.05, 0) is 67.1 Å². The molecule has 4 rings (SSSR count). The van der Waals surface area contributed by atoms with Crippen molar-refractivity contribution in [1.82, 2.24) is 0 Å². The molecule has 29 heavy (non-hydrogen) atoms. The number of carbonyl (C=O) groups excluding carboxylic acids is 1. The Kier molecular flexibility index (Phi) is 4.88. The molecular formula is C18H24O9S2. The van der Waals surface area contributed by atoms with Crippen molar-refractivity contribution >= 4 is 26.6 Å². The highest BCUT2D eigenvalue weighted by Gasteiger charge is 2.55. The monoisotopic (exact) mass is 448 g/mol. The SMILES string of the molecule is C[C@]12CC[C@@H]3C4=CCC(OS(=O)(=O)O)(OS(=O)(=O)O)C=C4CC[C@H]3[C@@H]1CCC2=O. The van der Waals surface area contributed by atoms with Crippen LogP contribution in [0.1, 0.15) is 51.9 Å². The molecule has 4 aliphatic carbocycles. The van der Waals surface area contributed by atoms with E-state index in [4.69, 9.17) is 9.11 Å². The molecular weight excluding hydrogens is 424 g/mol. The molecule has 3 fully saturated rings. The van der Waals surface area contributed by atoms with Crippen LogP contribution in [0.15, 0.2) is 23.3 Å². The van der Waals surface area contributed by atoms with Gasteiger partial charge in [-0.15, -0.1) is 0 Å². The van der Waals surface area contributed by atoms with Crippen molar-refractivity contribution in [2.75, 3.05) is 0 Å². The van der Waals surface area contributed by atoms with Gasteiger partial charge in [0.15, 0.2) is 0 Å². The zero-order chi connectivity index (χ0) is 21.2. The first kappa shape index (κ1) is 21.1. The van der Waals surface area contributed by atoms with Crippen LogP contribution in [0.4, 0.5) is 0 Å². The molecule has 162 valence electrons. The quantitative estimate of drug-likeness (QED) is 0.489. The number of fused-ring (bicyclic) bond motifs is 5. The van der Waals surface area contributed by atoms with E-state index in [9.17, 15) is 21.6 Å². The molecule has 11 heteroatoms. The molecule has 2 N–H and O–H groups in total. The molecule has 4 atom stereocenters. The minimum Gasteiger partial charge on any atom is -0.299 e. The maximum atomic E-state index is 12.4. The lowest BCUT2D eigenvalue weighted by Crippen LogP contribution is -2.45. The Morgan fingerprint density at radius 3 is 2.31 bits per heavy atom. The summed E-state index contributed by atoms with van der Waals surface area (Å²) < 4.78 is 72.3. The number of carbonyl (C=O) groups is 1. The fraction of sp³-hybridized carbons (Fsp3) is 0.722. The molecule has 0 aromatic rings. The fourth-order valence-corrected chi connectivity index (χ4v) is 7.11. The number of rotatable bonds is 4. The van der Waals surface area contributed by atoms with Crippen molar-refractivity contribution in [3.8, 4) is 0 Å². The summed E-state index contributed by atoms with van der Waals surface area (Å²) in [5.41, 5.74) is 1.39. The van der Waals surface area contributed by atoms with Crippen molar-refractivity contribution in [2.24, 2.45) is 23.2 Å². The second-order valence-corrected chi connectivity index (χ2v) is 10.7. The van der Waals surface area contributed by atoms with Gasteiger partial charge in [0.05, 0.1) is 0 Å². The van der Waals surface area contributed by atoms with Gasteiger partial charge in [0, 0.05) is 18.3 Å². The molecule has 4 aliphatic rings. The second-order valence-electron chi connectivity index (χ2n) is 8.70. The Morgan fingerprint density at radius 1 is 1.03 bits per heavy atom. The van der Waals surface area contributed by atoms with Crippen LogP contribution in [0.5, 0.6) is 0 Å². The van der Waals surface area contributed by atoms with Crippen LogP contribution in [0.3, 0.4) is 0 Å². The molecule has 0 heterocycles. The Balaban J connectivity index is 1.65. The topological polar surface area (TPSA) is 144 Å². The Labute approximate surface area is 170 Å². The first-order valence-corrected chi connectivity index (χ1v) is 12.4. The number of allylic oxidation sites excluding steroid dienone is 2. The zero-order valence-corrected chi connectivity index (χ0v) is 17.5. The summed E-state index contributed by atoms with van der Waals surface area (Å²) in [5, 5.41) is 0. The van der Waals surface area contributed by atoms with Gasteiger partial charge in [-0.2, -0.15) is 16.8 Å². The van der Waals surface area contributed by atoms with E-state index in [1.165, 1.54) is 6.08 Å². The van der Waals surface area contributed by atoms with E-state index in [-0.39, 0.29) is 17.8 Å². The summed E-state index contributed by atoms with van der Waals surface area (Å²) in [6, 6.07) is 0. The van der Waals surface area contributed by atoms with Crippen LogP contribution >= 0.6 is 0 Å². The Hall–Kier alpha value is -1.11. The number of hydrogen-bond donors (Lipinski definition) is 2. The summed E-state index contributed by atoms with van der Waals surface area (Å²) in [6.07, 6.45) is 6.98. The summed E-state index contributed by atoms with van der Waals surface area (Å²) >= 11 is 0. The third-order valence-corrected chi connectivity index (χ3v) is 8.14. The van der Waals surface area contributed by atoms with Gasteiger partial charge < -0.3 is 0 Å². The first-order valence-electron chi connectivity index (χ1n) is 9.63. The Bertz CT molecular complexity index is 974. The van der Waals surface area contributed by atoms with Crippen molar-refractivity contribution < 1.29 is 39.1 Å². The maximum Gasteiger partial charge on any atom is 0.400 e. The van der Waals surface area contributed by atoms with Crippen LogP contribution < -0.4 is 0 Å². The summed E-state index contributed by atoms with van der Waals surface area (Å²) in [4.78, 5) is 12.4.